The van der Waals surface area contributed by atoms with Crippen LogP contribution in [0.5, 0.6) is 0 Å². The van der Waals surface area contributed by atoms with Crippen molar-refractivity contribution in [2.75, 3.05) is 6.61 Å². The van der Waals surface area contributed by atoms with E-state index in [0.29, 0.717) is 12.1 Å². The van der Waals surface area contributed by atoms with Crippen LogP contribution in [0.2, 0.25) is 5.02 Å². The number of aromatic amines is 1. The molecule has 0 aliphatic rings. The quantitative estimate of drug-likeness (QED) is 0.858. The van der Waals surface area contributed by atoms with Crippen molar-refractivity contribution >= 4 is 23.2 Å². The van der Waals surface area contributed by atoms with Crippen LogP contribution >= 0.6 is 11.6 Å². The molecule has 0 saturated heterocycles. The molecule has 0 aliphatic heterocycles. The number of nitrogens with zero attached hydrogens (tertiary/aromatic N) is 2. The summed E-state index contributed by atoms with van der Waals surface area (Å²) in [6.45, 7) is 3.91. The number of carbonyl (C=O) groups excluding carboxylic acids is 1. The number of H-pyrrole nitrogens is 1. The maximum atomic E-state index is 12.3. The highest BCUT2D eigenvalue weighted by atomic mass is 35.5. The number of aromatic nitrogens is 3. The number of hydrogen-bond donors (Lipinski definition) is 1. The van der Waals surface area contributed by atoms with Gasteiger partial charge in [-0.15, -0.1) is 0 Å². The zero-order chi connectivity index (χ0) is 14.7. The molecule has 0 fully saturated rings. The summed E-state index contributed by atoms with van der Waals surface area (Å²) in [5.41, 5.74) is 0.240. The lowest BCUT2D eigenvalue weighted by atomic mass is 10.1. The molecule has 0 aliphatic carbocycles. The summed E-state index contributed by atoms with van der Waals surface area (Å²) in [5, 5.41) is 2.92. The predicted molar refractivity (Wildman–Crippen MR) is 75.4 cm³/mol. The minimum Gasteiger partial charge on any atom is -0.462 e. The number of fused-ring (bicyclic) bond motifs is 1. The van der Waals surface area contributed by atoms with Crippen molar-refractivity contribution in [2.45, 2.75) is 33.1 Å². The highest BCUT2D eigenvalue weighted by Crippen LogP contribution is 2.18. The molecule has 0 radical (unpaired) electrons. The van der Waals surface area contributed by atoms with Crippen LogP contribution in [0.1, 0.15) is 42.7 Å². The Hall–Kier alpha value is -1.82. The average molecular weight is 298 g/mol. The average Bonchev–Trinajstić information content (AvgIpc) is 2.88. The van der Waals surface area contributed by atoms with E-state index in [9.17, 15) is 9.59 Å². The van der Waals surface area contributed by atoms with E-state index in [1.54, 1.807) is 11.4 Å². The van der Waals surface area contributed by atoms with E-state index in [0.717, 1.165) is 12.8 Å². The van der Waals surface area contributed by atoms with Crippen molar-refractivity contribution in [3.8, 4) is 0 Å². The zero-order valence-electron chi connectivity index (χ0n) is 11.4. The molecule has 6 nitrogen and oxygen atoms in total. The Morgan fingerprint density at radius 1 is 1.50 bits per heavy atom. The van der Waals surface area contributed by atoms with Crippen LogP contribution in [-0.4, -0.2) is 27.2 Å². The maximum Gasteiger partial charge on any atom is 0.346 e. The van der Waals surface area contributed by atoms with Gasteiger partial charge in [0, 0.05) is 0 Å². The van der Waals surface area contributed by atoms with E-state index < -0.39 is 11.4 Å². The van der Waals surface area contributed by atoms with Crippen LogP contribution in [0.25, 0.3) is 5.65 Å². The fourth-order valence-electron chi connectivity index (χ4n) is 2.04. The summed E-state index contributed by atoms with van der Waals surface area (Å²) < 4.78 is 6.47. The summed E-state index contributed by atoms with van der Waals surface area (Å²) in [4.78, 5) is 28.2. The number of pyridine rings is 1. The predicted octanol–water partition coefficient (Wildman–Crippen LogP) is 2.20. The highest BCUT2D eigenvalue weighted by molar-refractivity contribution is 6.31. The lowest BCUT2D eigenvalue weighted by molar-refractivity contribution is 0.0526. The molecule has 7 heteroatoms. The zero-order valence-corrected chi connectivity index (χ0v) is 12.2. The van der Waals surface area contributed by atoms with Crippen LogP contribution in [0.15, 0.2) is 11.1 Å². The van der Waals surface area contributed by atoms with Crippen LogP contribution in [0.3, 0.4) is 0 Å². The Morgan fingerprint density at radius 2 is 2.25 bits per heavy atom. The number of nitrogens with one attached hydrogen (secondary N) is 1. The molecule has 0 atom stereocenters. The van der Waals surface area contributed by atoms with Gasteiger partial charge in [-0.05, 0) is 19.8 Å². The van der Waals surface area contributed by atoms with Gasteiger partial charge in [0.25, 0.3) is 0 Å². The molecule has 0 aromatic carbocycles. The van der Waals surface area contributed by atoms with Gasteiger partial charge >= 0.3 is 5.97 Å². The monoisotopic (exact) mass is 297 g/mol. The summed E-state index contributed by atoms with van der Waals surface area (Å²) in [6.07, 6.45) is 3.92. The topological polar surface area (TPSA) is 76.5 Å². The third kappa shape index (κ3) is 2.43. The second-order valence-electron chi connectivity index (χ2n) is 4.34. The summed E-state index contributed by atoms with van der Waals surface area (Å²) in [6, 6.07) is 0. The second kappa shape index (κ2) is 6.09. The van der Waals surface area contributed by atoms with E-state index in [2.05, 4.69) is 10.1 Å². The summed E-state index contributed by atoms with van der Waals surface area (Å²) in [7, 11) is 0. The Bertz CT molecular complexity index is 690. The lowest BCUT2D eigenvalue weighted by Gasteiger charge is -2.09. The smallest absolute Gasteiger partial charge is 0.346 e. The normalized spacial score (nSPS) is 10.9. The fourth-order valence-corrected chi connectivity index (χ4v) is 2.32. The molecule has 20 heavy (non-hydrogen) atoms. The molecular formula is C13H16ClN3O3. The first-order valence-electron chi connectivity index (χ1n) is 6.55. The van der Waals surface area contributed by atoms with Crippen molar-refractivity contribution in [3.05, 3.63) is 32.8 Å². The number of rotatable bonds is 5. The molecule has 0 spiro atoms. The van der Waals surface area contributed by atoms with Crippen LogP contribution in [-0.2, 0) is 11.2 Å². The van der Waals surface area contributed by atoms with Crippen LogP contribution in [0, 0.1) is 0 Å². The number of esters is 1. The molecule has 2 rings (SSSR count). The molecule has 2 aromatic rings. The van der Waals surface area contributed by atoms with Crippen molar-refractivity contribution in [1.82, 2.24) is 14.6 Å². The number of halogens is 1. The van der Waals surface area contributed by atoms with Crippen molar-refractivity contribution in [1.29, 1.82) is 0 Å². The van der Waals surface area contributed by atoms with Gasteiger partial charge in [0.1, 0.15) is 11.3 Å². The second-order valence-corrected chi connectivity index (χ2v) is 4.71. The molecule has 0 bridgehead atoms. The molecule has 2 heterocycles. The maximum absolute atomic E-state index is 12.3. The molecular weight excluding hydrogens is 282 g/mol. The molecule has 0 unspecified atom stereocenters. The molecule has 1 N–H and O–H groups in total. The number of carbonyl (C=O) groups is 1. The number of aryl methyl sites for hydroxylation is 1. The Kier molecular flexibility index (Phi) is 4.44. The standard InChI is InChI=1S/C13H16ClN3O3/c1-3-5-6-8-10(14)11(18)9(13(19)20-4-2)12-15-7-16-17(8)12/h7H,3-6H2,1-2H3,(H,15,16). The first-order chi connectivity index (χ1) is 9.61. The SMILES string of the molecule is CCCCc1c(Cl)c(=O)c(C(=O)OCC)c2nc[nH]n12. The number of unbranched alkanes of at least 4 members (excludes halogenated alkanes) is 1. The Morgan fingerprint density at radius 3 is 2.90 bits per heavy atom. The Labute approximate surface area is 120 Å². The Balaban J connectivity index is 2.67. The van der Waals surface area contributed by atoms with Crippen molar-refractivity contribution in [2.24, 2.45) is 0 Å². The third-order valence-electron chi connectivity index (χ3n) is 3.01. The van der Waals surface area contributed by atoms with Gasteiger partial charge in [0.05, 0.1) is 12.3 Å². The number of hydrogen-bond acceptors (Lipinski definition) is 4. The first kappa shape index (κ1) is 14.6. The summed E-state index contributed by atoms with van der Waals surface area (Å²) in [5.74, 6) is -0.703. The largest absolute Gasteiger partial charge is 0.462 e. The molecule has 0 amide bonds. The van der Waals surface area contributed by atoms with E-state index >= 15 is 0 Å². The van der Waals surface area contributed by atoms with Crippen molar-refractivity contribution < 1.29 is 9.53 Å². The van der Waals surface area contributed by atoms with E-state index in [4.69, 9.17) is 16.3 Å². The molecule has 0 saturated carbocycles. The van der Waals surface area contributed by atoms with Gasteiger partial charge in [-0.2, -0.15) is 0 Å². The lowest BCUT2D eigenvalue weighted by Crippen LogP contribution is -2.22. The number of ether oxygens (including phenoxy) is 1. The van der Waals surface area contributed by atoms with Crippen LogP contribution in [0.4, 0.5) is 0 Å². The highest BCUT2D eigenvalue weighted by Gasteiger charge is 2.23. The fraction of sp³-hybridized carbons (Fsp3) is 0.462. The van der Waals surface area contributed by atoms with Crippen molar-refractivity contribution in [3.63, 3.8) is 0 Å². The summed E-state index contributed by atoms with van der Waals surface area (Å²) >= 11 is 6.13. The minimum atomic E-state index is -0.703. The molecule has 108 valence electrons. The van der Waals surface area contributed by atoms with Gasteiger partial charge in [-0.3, -0.25) is 9.89 Å². The minimum absolute atomic E-state index is 0.0447. The third-order valence-corrected chi connectivity index (χ3v) is 3.40. The van der Waals surface area contributed by atoms with Gasteiger partial charge < -0.3 is 4.74 Å². The van der Waals surface area contributed by atoms with E-state index in [1.165, 1.54) is 6.33 Å². The van der Waals surface area contributed by atoms with Gasteiger partial charge in [0.15, 0.2) is 11.2 Å². The van der Waals surface area contributed by atoms with Gasteiger partial charge in [0.2, 0.25) is 5.43 Å². The van der Waals surface area contributed by atoms with Crippen LogP contribution < -0.4 is 5.43 Å². The van der Waals surface area contributed by atoms with Gasteiger partial charge in [-0.1, -0.05) is 24.9 Å². The van der Waals surface area contributed by atoms with E-state index in [-0.39, 0.29) is 22.8 Å². The van der Waals surface area contributed by atoms with E-state index in [1.807, 2.05) is 6.92 Å². The molecule has 2 aromatic heterocycles. The first-order valence-corrected chi connectivity index (χ1v) is 6.93. The van der Waals surface area contributed by atoms with Gasteiger partial charge in [-0.25, -0.2) is 14.3 Å².